The van der Waals surface area contributed by atoms with Crippen LogP contribution in [0.25, 0.3) is 5.69 Å². The van der Waals surface area contributed by atoms with Crippen LogP contribution in [0.1, 0.15) is 26.4 Å². The molecule has 32 heavy (non-hydrogen) atoms. The molecule has 0 unspecified atom stereocenters. The van der Waals surface area contributed by atoms with Crippen LogP contribution in [0.15, 0.2) is 48.7 Å². The Labute approximate surface area is 189 Å². The van der Waals surface area contributed by atoms with E-state index >= 15 is 0 Å². The van der Waals surface area contributed by atoms with Gasteiger partial charge in [0, 0.05) is 32.4 Å². The SMILES string of the molecule is COc1ccc(C)cc1-n1ccc(C(=O)N2CCN(C(=O)c3ccc(F)cc3Cl)CC2)n1. The van der Waals surface area contributed by atoms with Gasteiger partial charge in [-0.1, -0.05) is 17.7 Å². The van der Waals surface area contributed by atoms with E-state index in [0.29, 0.717) is 37.6 Å². The molecule has 1 aliphatic heterocycles. The number of rotatable bonds is 4. The quantitative estimate of drug-likeness (QED) is 0.602. The minimum atomic E-state index is -0.496. The molecule has 3 aromatic rings. The number of hydrogen-bond donors (Lipinski definition) is 0. The third-order valence-corrected chi connectivity index (χ3v) is 5.72. The van der Waals surface area contributed by atoms with Crippen LogP contribution in [-0.2, 0) is 0 Å². The van der Waals surface area contributed by atoms with E-state index in [0.717, 1.165) is 17.3 Å². The van der Waals surface area contributed by atoms with Crippen molar-refractivity contribution in [3.05, 3.63) is 76.3 Å². The lowest BCUT2D eigenvalue weighted by atomic mass is 10.1. The molecule has 9 heteroatoms. The summed E-state index contributed by atoms with van der Waals surface area (Å²) in [6.07, 6.45) is 1.72. The Bertz CT molecular complexity index is 1170. The average molecular weight is 457 g/mol. The Morgan fingerprint density at radius 2 is 1.69 bits per heavy atom. The fourth-order valence-corrected chi connectivity index (χ4v) is 3.91. The number of amides is 2. The van der Waals surface area contributed by atoms with Crippen molar-refractivity contribution in [2.24, 2.45) is 0 Å². The van der Waals surface area contributed by atoms with Gasteiger partial charge in [0.2, 0.25) is 0 Å². The van der Waals surface area contributed by atoms with Crippen molar-refractivity contribution >= 4 is 23.4 Å². The zero-order chi connectivity index (χ0) is 22.8. The van der Waals surface area contributed by atoms with Gasteiger partial charge in [-0.2, -0.15) is 5.10 Å². The van der Waals surface area contributed by atoms with Crippen LogP contribution in [0.2, 0.25) is 5.02 Å². The average Bonchev–Trinajstić information content (AvgIpc) is 3.28. The highest BCUT2D eigenvalue weighted by Gasteiger charge is 2.27. The molecule has 0 saturated carbocycles. The van der Waals surface area contributed by atoms with Gasteiger partial charge >= 0.3 is 0 Å². The molecule has 0 N–H and O–H groups in total. The molecular weight excluding hydrogens is 435 g/mol. The molecule has 0 aliphatic carbocycles. The number of carbonyl (C=O) groups is 2. The number of nitrogens with zero attached hydrogens (tertiary/aromatic N) is 4. The molecular formula is C23H22ClFN4O3. The second-order valence-corrected chi connectivity index (χ2v) is 7.94. The molecule has 7 nitrogen and oxygen atoms in total. The molecule has 2 heterocycles. The van der Waals surface area contributed by atoms with E-state index < -0.39 is 5.82 Å². The van der Waals surface area contributed by atoms with E-state index in [1.807, 2.05) is 25.1 Å². The first kappa shape index (κ1) is 21.8. The summed E-state index contributed by atoms with van der Waals surface area (Å²) in [5, 5.41) is 4.51. The predicted molar refractivity (Wildman–Crippen MR) is 118 cm³/mol. The lowest BCUT2D eigenvalue weighted by molar-refractivity contribution is 0.0532. The van der Waals surface area contributed by atoms with E-state index in [1.54, 1.807) is 33.9 Å². The summed E-state index contributed by atoms with van der Waals surface area (Å²) in [5.41, 5.74) is 2.36. The topological polar surface area (TPSA) is 67.7 Å². The monoisotopic (exact) mass is 456 g/mol. The molecule has 1 saturated heterocycles. The summed E-state index contributed by atoms with van der Waals surface area (Å²) in [4.78, 5) is 28.9. The van der Waals surface area contributed by atoms with Crippen molar-refractivity contribution in [1.29, 1.82) is 0 Å². The van der Waals surface area contributed by atoms with Gasteiger partial charge in [-0.15, -0.1) is 0 Å². The standard InChI is InChI=1S/C23H22ClFN4O3/c1-15-3-6-21(32-2)20(13-15)29-8-7-19(26-29)23(31)28-11-9-27(10-12-28)22(30)17-5-4-16(25)14-18(17)24/h3-8,13-14H,9-12H2,1-2H3. The molecule has 166 valence electrons. The third kappa shape index (κ3) is 4.31. The predicted octanol–water partition coefficient (Wildman–Crippen LogP) is 3.58. The minimum absolute atomic E-state index is 0.0747. The van der Waals surface area contributed by atoms with Crippen molar-refractivity contribution in [2.45, 2.75) is 6.92 Å². The Morgan fingerprint density at radius 1 is 1.00 bits per heavy atom. The fraction of sp³-hybridized carbons (Fsp3) is 0.261. The summed E-state index contributed by atoms with van der Waals surface area (Å²) >= 11 is 6.02. The van der Waals surface area contributed by atoms with E-state index in [2.05, 4.69) is 5.10 Å². The zero-order valence-electron chi connectivity index (χ0n) is 17.7. The highest BCUT2D eigenvalue weighted by Crippen LogP contribution is 2.24. The first-order chi connectivity index (χ1) is 15.4. The van der Waals surface area contributed by atoms with E-state index in [1.165, 1.54) is 12.1 Å². The van der Waals surface area contributed by atoms with Crippen LogP contribution in [0.5, 0.6) is 5.75 Å². The second kappa shape index (κ2) is 9.00. The molecule has 2 aromatic carbocycles. The van der Waals surface area contributed by atoms with Crippen LogP contribution in [0.3, 0.4) is 0 Å². The Kier molecular flexibility index (Phi) is 6.14. The van der Waals surface area contributed by atoms with E-state index in [9.17, 15) is 14.0 Å². The smallest absolute Gasteiger partial charge is 0.274 e. The van der Waals surface area contributed by atoms with Crippen molar-refractivity contribution in [3.63, 3.8) is 0 Å². The Balaban J connectivity index is 1.43. The zero-order valence-corrected chi connectivity index (χ0v) is 18.5. The molecule has 0 atom stereocenters. The molecule has 0 spiro atoms. The lowest BCUT2D eigenvalue weighted by Gasteiger charge is -2.34. The van der Waals surface area contributed by atoms with Gasteiger partial charge in [0.25, 0.3) is 11.8 Å². The van der Waals surface area contributed by atoms with Crippen LogP contribution >= 0.6 is 11.6 Å². The Hall–Kier alpha value is -3.39. The summed E-state index contributed by atoms with van der Waals surface area (Å²) in [7, 11) is 1.59. The summed E-state index contributed by atoms with van der Waals surface area (Å²) in [6, 6.07) is 11.1. The number of carbonyl (C=O) groups excluding carboxylic acids is 2. The molecule has 1 fully saturated rings. The van der Waals surface area contributed by atoms with Gasteiger partial charge in [0.05, 0.1) is 17.7 Å². The van der Waals surface area contributed by atoms with Crippen molar-refractivity contribution in [1.82, 2.24) is 19.6 Å². The van der Waals surface area contributed by atoms with Gasteiger partial charge in [0.15, 0.2) is 5.69 Å². The molecule has 0 radical (unpaired) electrons. The van der Waals surface area contributed by atoms with Crippen molar-refractivity contribution in [3.8, 4) is 11.4 Å². The van der Waals surface area contributed by atoms with Crippen LogP contribution < -0.4 is 4.74 Å². The van der Waals surface area contributed by atoms with Crippen LogP contribution in [0.4, 0.5) is 4.39 Å². The van der Waals surface area contributed by atoms with Crippen molar-refractivity contribution < 1.29 is 18.7 Å². The number of benzene rings is 2. The van der Waals surface area contributed by atoms with Crippen LogP contribution in [0, 0.1) is 12.7 Å². The normalized spacial score (nSPS) is 13.9. The first-order valence-electron chi connectivity index (χ1n) is 10.1. The maximum atomic E-state index is 13.3. The number of ether oxygens (including phenoxy) is 1. The number of methoxy groups -OCH3 is 1. The van der Waals surface area contributed by atoms with Crippen LogP contribution in [-0.4, -0.2) is 64.7 Å². The lowest BCUT2D eigenvalue weighted by Crippen LogP contribution is -2.50. The number of aryl methyl sites for hydroxylation is 1. The Morgan fingerprint density at radius 3 is 2.34 bits per heavy atom. The van der Waals surface area contributed by atoms with Crippen molar-refractivity contribution in [2.75, 3.05) is 33.3 Å². The number of halogens is 2. The van der Waals surface area contributed by atoms with Gasteiger partial charge in [-0.3, -0.25) is 9.59 Å². The molecule has 1 aliphatic rings. The summed E-state index contributed by atoms with van der Waals surface area (Å²) in [6.45, 7) is 3.40. The highest BCUT2D eigenvalue weighted by molar-refractivity contribution is 6.33. The molecule has 0 bridgehead atoms. The number of hydrogen-bond acceptors (Lipinski definition) is 4. The number of piperazine rings is 1. The maximum Gasteiger partial charge on any atom is 0.274 e. The maximum absolute atomic E-state index is 13.3. The van der Waals surface area contributed by atoms with E-state index in [-0.39, 0.29) is 22.4 Å². The van der Waals surface area contributed by atoms with Gasteiger partial charge in [-0.25, -0.2) is 9.07 Å². The minimum Gasteiger partial charge on any atom is -0.494 e. The second-order valence-electron chi connectivity index (χ2n) is 7.53. The summed E-state index contributed by atoms with van der Waals surface area (Å²) < 4.78 is 20.3. The van der Waals surface area contributed by atoms with Gasteiger partial charge in [-0.05, 0) is 48.9 Å². The summed E-state index contributed by atoms with van der Waals surface area (Å²) in [5.74, 6) is -0.325. The van der Waals surface area contributed by atoms with Gasteiger partial charge < -0.3 is 14.5 Å². The molecule has 1 aromatic heterocycles. The van der Waals surface area contributed by atoms with Gasteiger partial charge in [0.1, 0.15) is 17.3 Å². The third-order valence-electron chi connectivity index (χ3n) is 5.41. The largest absolute Gasteiger partial charge is 0.494 e. The van der Waals surface area contributed by atoms with E-state index in [4.69, 9.17) is 16.3 Å². The first-order valence-corrected chi connectivity index (χ1v) is 10.5. The fourth-order valence-electron chi connectivity index (χ4n) is 3.66. The highest BCUT2D eigenvalue weighted by atomic mass is 35.5. The number of aromatic nitrogens is 2. The molecule has 4 rings (SSSR count). The molecule has 2 amide bonds.